The fourth-order valence-corrected chi connectivity index (χ4v) is 4.24. The van der Waals surface area contributed by atoms with Crippen LogP contribution in [0.2, 0.25) is 0 Å². The second-order valence-electron chi connectivity index (χ2n) is 7.63. The molecule has 1 saturated heterocycles. The minimum absolute atomic E-state index is 0.237. The first-order valence-electron chi connectivity index (χ1n) is 8.89. The van der Waals surface area contributed by atoms with Gasteiger partial charge < -0.3 is 49.6 Å². The second-order valence-corrected chi connectivity index (χ2v) is 7.63. The average Bonchev–Trinajstić information content (AvgIpc) is 2.79. The van der Waals surface area contributed by atoms with Crippen LogP contribution >= 0.6 is 0 Å². The summed E-state index contributed by atoms with van der Waals surface area (Å²) in [5.41, 5.74) is -5.57. The van der Waals surface area contributed by atoms with Crippen molar-refractivity contribution < 1.29 is 54.4 Å². The highest BCUT2D eigenvalue weighted by atomic mass is 16.7. The van der Waals surface area contributed by atoms with Crippen molar-refractivity contribution in [3.8, 4) is 0 Å². The molecule has 2 heterocycles. The van der Waals surface area contributed by atoms with E-state index in [1.54, 1.807) is 0 Å². The summed E-state index contributed by atoms with van der Waals surface area (Å²) in [5.74, 6) is -0.768. The van der Waals surface area contributed by atoms with Crippen molar-refractivity contribution in [2.75, 3.05) is 13.2 Å². The number of aliphatic hydroxyl groups is 6. The van der Waals surface area contributed by atoms with E-state index >= 15 is 0 Å². The predicted octanol–water partition coefficient (Wildman–Crippen LogP) is -3.10. The highest BCUT2D eigenvalue weighted by molar-refractivity contribution is 5.67. The lowest BCUT2D eigenvalue weighted by Crippen LogP contribution is -2.70. The van der Waals surface area contributed by atoms with Crippen molar-refractivity contribution in [3.63, 3.8) is 0 Å². The van der Waals surface area contributed by atoms with E-state index in [-0.39, 0.29) is 13.0 Å². The van der Waals surface area contributed by atoms with E-state index in [1.165, 1.54) is 13.2 Å². The standard InChI is InChI=1S/C17H26O11/c1-8(19)27-17-7-25-4-3-16(17,24)10(20)5-15(17,2)28-14-13(23)12(22)11(21)9(6-18)26-14/h3-4,9-14,18,20-24H,5-7H2,1-2H3. The van der Waals surface area contributed by atoms with Crippen LogP contribution in [0.1, 0.15) is 20.3 Å². The molecule has 0 bridgehead atoms. The van der Waals surface area contributed by atoms with Crippen LogP contribution in [0.3, 0.4) is 0 Å². The van der Waals surface area contributed by atoms with Crippen molar-refractivity contribution in [1.29, 1.82) is 0 Å². The first kappa shape index (κ1) is 21.4. The molecule has 0 radical (unpaired) electrons. The molecule has 160 valence electrons. The molecule has 2 aliphatic heterocycles. The summed E-state index contributed by atoms with van der Waals surface area (Å²) in [6.07, 6.45) is -7.08. The number of hydrogen-bond donors (Lipinski definition) is 6. The molecule has 0 aromatic carbocycles. The third-order valence-electron chi connectivity index (χ3n) is 5.84. The maximum absolute atomic E-state index is 11.8. The highest BCUT2D eigenvalue weighted by Gasteiger charge is 2.75. The van der Waals surface area contributed by atoms with Gasteiger partial charge in [0, 0.05) is 13.3 Å². The quantitative estimate of drug-likeness (QED) is 0.261. The Labute approximate surface area is 160 Å². The molecule has 3 aliphatic rings. The molecular formula is C17H26O11. The van der Waals surface area contributed by atoms with Crippen molar-refractivity contribution in [2.45, 2.75) is 73.9 Å². The average molecular weight is 406 g/mol. The minimum Gasteiger partial charge on any atom is -0.497 e. The monoisotopic (exact) mass is 406 g/mol. The predicted molar refractivity (Wildman–Crippen MR) is 88.4 cm³/mol. The van der Waals surface area contributed by atoms with Crippen LogP contribution in [-0.2, 0) is 23.7 Å². The third kappa shape index (κ3) is 2.94. The Kier molecular flexibility index (Phi) is 5.49. The lowest BCUT2D eigenvalue weighted by molar-refractivity contribution is -0.349. The van der Waals surface area contributed by atoms with Crippen LogP contribution in [0.15, 0.2) is 12.3 Å². The summed E-state index contributed by atoms with van der Waals surface area (Å²) >= 11 is 0. The summed E-state index contributed by atoms with van der Waals surface area (Å²) in [4.78, 5) is 11.8. The van der Waals surface area contributed by atoms with Gasteiger partial charge in [0.25, 0.3) is 0 Å². The van der Waals surface area contributed by atoms with Crippen molar-refractivity contribution in [2.24, 2.45) is 0 Å². The third-order valence-corrected chi connectivity index (χ3v) is 5.84. The Bertz CT molecular complexity index is 639. The fraction of sp³-hybridized carbons (Fsp3) is 0.824. The van der Waals surface area contributed by atoms with Crippen molar-refractivity contribution in [3.05, 3.63) is 12.3 Å². The number of aliphatic hydroxyl groups excluding tert-OH is 5. The molecule has 3 rings (SSSR count). The number of ether oxygens (including phenoxy) is 4. The molecule has 11 nitrogen and oxygen atoms in total. The topological polar surface area (TPSA) is 175 Å². The molecule has 2 fully saturated rings. The van der Waals surface area contributed by atoms with Gasteiger partial charge in [0.1, 0.15) is 36.6 Å². The Morgan fingerprint density at radius 3 is 2.50 bits per heavy atom. The van der Waals surface area contributed by atoms with Gasteiger partial charge in [-0.1, -0.05) is 0 Å². The molecule has 1 aliphatic carbocycles. The Morgan fingerprint density at radius 1 is 1.21 bits per heavy atom. The smallest absolute Gasteiger partial charge is 0.303 e. The molecule has 0 aromatic heterocycles. The van der Waals surface area contributed by atoms with E-state index in [2.05, 4.69) is 0 Å². The minimum atomic E-state index is -2.04. The zero-order chi connectivity index (χ0) is 20.9. The highest BCUT2D eigenvalue weighted by Crippen LogP contribution is 2.54. The lowest BCUT2D eigenvalue weighted by Gasteiger charge is -2.51. The molecule has 9 unspecified atom stereocenters. The molecule has 0 aromatic rings. The Balaban J connectivity index is 1.97. The van der Waals surface area contributed by atoms with E-state index < -0.39 is 66.2 Å². The molecule has 6 N–H and O–H groups in total. The SMILES string of the molecule is CC(=O)OC12COC=CC1(O)C(O)CC2(C)OC1OC(CO)C(O)C(O)C1O. The van der Waals surface area contributed by atoms with Crippen LogP contribution in [0, 0.1) is 0 Å². The zero-order valence-electron chi connectivity index (χ0n) is 15.5. The van der Waals surface area contributed by atoms with Crippen molar-refractivity contribution in [1.82, 2.24) is 0 Å². The molecule has 11 heteroatoms. The maximum atomic E-state index is 11.8. The summed E-state index contributed by atoms with van der Waals surface area (Å²) in [7, 11) is 0. The van der Waals surface area contributed by atoms with E-state index in [4.69, 9.17) is 18.9 Å². The summed E-state index contributed by atoms with van der Waals surface area (Å²) in [5, 5.41) is 61.1. The number of carbonyl (C=O) groups is 1. The Hall–Kier alpha value is -1.31. The van der Waals surface area contributed by atoms with Crippen LogP contribution in [-0.4, -0.2) is 103 Å². The van der Waals surface area contributed by atoms with Crippen LogP contribution in [0.25, 0.3) is 0 Å². The van der Waals surface area contributed by atoms with Gasteiger partial charge in [0.15, 0.2) is 11.9 Å². The number of fused-ring (bicyclic) bond motifs is 1. The van der Waals surface area contributed by atoms with Gasteiger partial charge >= 0.3 is 5.97 Å². The summed E-state index contributed by atoms with van der Waals surface area (Å²) in [6, 6.07) is 0. The maximum Gasteiger partial charge on any atom is 0.303 e. The number of carbonyl (C=O) groups excluding carboxylic acids is 1. The first-order valence-corrected chi connectivity index (χ1v) is 8.89. The molecule has 0 spiro atoms. The van der Waals surface area contributed by atoms with Crippen molar-refractivity contribution >= 4 is 5.97 Å². The Morgan fingerprint density at radius 2 is 1.89 bits per heavy atom. The van der Waals surface area contributed by atoms with Crippen LogP contribution in [0.4, 0.5) is 0 Å². The second kappa shape index (κ2) is 7.18. The number of esters is 1. The van der Waals surface area contributed by atoms with E-state index in [9.17, 15) is 35.4 Å². The van der Waals surface area contributed by atoms with Gasteiger partial charge in [0.05, 0.1) is 19.0 Å². The normalized spacial score (nSPS) is 50.7. The molecule has 9 atom stereocenters. The largest absolute Gasteiger partial charge is 0.497 e. The van der Waals surface area contributed by atoms with E-state index in [1.807, 2.05) is 0 Å². The van der Waals surface area contributed by atoms with E-state index in [0.717, 1.165) is 13.0 Å². The number of rotatable bonds is 4. The van der Waals surface area contributed by atoms with Gasteiger partial charge in [0.2, 0.25) is 5.60 Å². The molecule has 1 saturated carbocycles. The summed E-state index contributed by atoms with van der Waals surface area (Å²) < 4.78 is 21.9. The molecular weight excluding hydrogens is 380 g/mol. The van der Waals surface area contributed by atoms with Gasteiger partial charge in [-0.25, -0.2) is 0 Å². The number of hydrogen-bond acceptors (Lipinski definition) is 11. The van der Waals surface area contributed by atoms with Gasteiger partial charge in [-0.15, -0.1) is 0 Å². The lowest BCUT2D eigenvalue weighted by atomic mass is 9.77. The van der Waals surface area contributed by atoms with Gasteiger partial charge in [-0.3, -0.25) is 4.79 Å². The first-order chi connectivity index (χ1) is 13.0. The van der Waals surface area contributed by atoms with Gasteiger partial charge in [-0.2, -0.15) is 0 Å². The van der Waals surface area contributed by atoms with Crippen LogP contribution in [0.5, 0.6) is 0 Å². The van der Waals surface area contributed by atoms with Crippen LogP contribution < -0.4 is 0 Å². The van der Waals surface area contributed by atoms with Gasteiger partial charge in [-0.05, 0) is 13.0 Å². The van der Waals surface area contributed by atoms with E-state index in [0.29, 0.717) is 0 Å². The summed E-state index contributed by atoms with van der Waals surface area (Å²) in [6.45, 7) is 1.53. The molecule has 0 amide bonds. The molecule has 28 heavy (non-hydrogen) atoms. The fourth-order valence-electron chi connectivity index (χ4n) is 4.24. The zero-order valence-corrected chi connectivity index (χ0v) is 15.5.